The topological polar surface area (TPSA) is 48.5 Å². The fourth-order valence-electron chi connectivity index (χ4n) is 3.39. The van der Waals surface area contributed by atoms with Crippen molar-refractivity contribution in [3.63, 3.8) is 0 Å². The minimum absolute atomic E-state index is 0.0200. The summed E-state index contributed by atoms with van der Waals surface area (Å²) in [6, 6.07) is 10.4. The first-order valence-electron chi connectivity index (χ1n) is 9.57. The molecule has 0 saturated carbocycles. The molecule has 3 rings (SSSR count). The molecule has 26 heavy (non-hydrogen) atoms. The quantitative estimate of drug-likeness (QED) is 0.842. The Hall–Kier alpha value is -2.56. The number of rotatable bonds is 6. The number of aromatic nitrogens is 1. The van der Waals surface area contributed by atoms with Crippen LogP contribution in [0, 0.1) is 0 Å². The van der Waals surface area contributed by atoms with Crippen LogP contribution in [0.1, 0.15) is 43.5 Å². The molecule has 0 spiro atoms. The number of carbonyl (C=O) groups is 1. The van der Waals surface area contributed by atoms with Crippen LogP contribution < -0.4 is 10.2 Å². The summed E-state index contributed by atoms with van der Waals surface area (Å²) in [6.45, 7) is 7.66. The van der Waals surface area contributed by atoms with E-state index in [-0.39, 0.29) is 5.91 Å². The molecule has 0 radical (unpaired) electrons. The lowest BCUT2D eigenvalue weighted by atomic mass is 10.1. The van der Waals surface area contributed by atoms with Gasteiger partial charge < -0.3 is 15.1 Å². The highest BCUT2D eigenvalue weighted by molar-refractivity contribution is 5.94. The molecule has 0 atom stereocenters. The molecule has 0 unspecified atom stereocenters. The molecule has 1 fully saturated rings. The van der Waals surface area contributed by atoms with Gasteiger partial charge in [-0.25, -0.2) is 0 Å². The maximum Gasteiger partial charge on any atom is 0.255 e. The maximum atomic E-state index is 12.5. The second-order valence-corrected chi connectivity index (χ2v) is 6.66. The van der Waals surface area contributed by atoms with Gasteiger partial charge in [0.2, 0.25) is 0 Å². The van der Waals surface area contributed by atoms with Gasteiger partial charge in [0, 0.05) is 43.8 Å². The number of benzene rings is 1. The van der Waals surface area contributed by atoms with E-state index in [1.165, 1.54) is 24.9 Å². The summed E-state index contributed by atoms with van der Waals surface area (Å²) in [5.74, 6) is 0.0200. The largest absolute Gasteiger partial charge is 0.372 e. The van der Waals surface area contributed by atoms with Crippen LogP contribution in [-0.2, 0) is 0 Å². The third-order valence-corrected chi connectivity index (χ3v) is 4.91. The number of hydrogen-bond donors (Lipinski definition) is 1. The molecular weight excluding hydrogens is 324 g/mol. The molecule has 1 saturated heterocycles. The van der Waals surface area contributed by atoms with Crippen molar-refractivity contribution < 1.29 is 4.79 Å². The molecule has 5 heteroatoms. The summed E-state index contributed by atoms with van der Waals surface area (Å²) in [5.41, 5.74) is 3.72. The monoisotopic (exact) mass is 352 g/mol. The van der Waals surface area contributed by atoms with E-state index < -0.39 is 0 Å². The second kappa shape index (κ2) is 8.70. The fraction of sp³-hybridized carbons (Fsp3) is 0.429. The second-order valence-electron chi connectivity index (χ2n) is 6.66. The standard InChI is InChI=1S/C21H28N4O/c1-3-24(4-2)21(26)17-14-19(16-22-15-17)23-18-8-10-20(11-9-18)25-12-6-5-7-13-25/h8-11,14-16,23H,3-7,12-13H2,1-2H3. The number of carbonyl (C=O) groups excluding carboxylic acids is 1. The molecule has 0 bridgehead atoms. The summed E-state index contributed by atoms with van der Waals surface area (Å²) in [4.78, 5) is 21.0. The zero-order valence-corrected chi connectivity index (χ0v) is 15.7. The Labute approximate surface area is 156 Å². The lowest BCUT2D eigenvalue weighted by molar-refractivity contribution is 0.0772. The predicted octanol–water partition coefficient (Wildman–Crippen LogP) is 4.30. The minimum atomic E-state index is 0.0200. The van der Waals surface area contributed by atoms with E-state index in [2.05, 4.69) is 39.5 Å². The van der Waals surface area contributed by atoms with Gasteiger partial charge >= 0.3 is 0 Å². The number of anilines is 3. The molecule has 1 N–H and O–H groups in total. The normalized spacial score (nSPS) is 14.2. The van der Waals surface area contributed by atoms with E-state index in [4.69, 9.17) is 0 Å². The Balaban J connectivity index is 1.69. The SMILES string of the molecule is CCN(CC)C(=O)c1cncc(Nc2ccc(N3CCCCC3)cc2)c1. The summed E-state index contributed by atoms with van der Waals surface area (Å²) >= 11 is 0. The van der Waals surface area contributed by atoms with Gasteiger partial charge in [-0.2, -0.15) is 0 Å². The van der Waals surface area contributed by atoms with Crippen molar-refractivity contribution in [1.82, 2.24) is 9.88 Å². The van der Waals surface area contributed by atoms with Crippen LogP contribution in [0.3, 0.4) is 0 Å². The molecule has 1 aromatic heterocycles. The van der Waals surface area contributed by atoms with E-state index in [1.54, 1.807) is 17.3 Å². The number of pyridine rings is 1. The molecule has 1 aliphatic heterocycles. The summed E-state index contributed by atoms with van der Waals surface area (Å²) in [5, 5.41) is 3.35. The van der Waals surface area contributed by atoms with Crippen LogP contribution in [0.15, 0.2) is 42.7 Å². The van der Waals surface area contributed by atoms with Crippen LogP contribution in [-0.4, -0.2) is 42.0 Å². The third-order valence-electron chi connectivity index (χ3n) is 4.91. The Bertz CT molecular complexity index is 719. The van der Waals surface area contributed by atoms with Gasteiger partial charge in [-0.3, -0.25) is 9.78 Å². The van der Waals surface area contributed by atoms with E-state index in [1.807, 2.05) is 19.9 Å². The average molecular weight is 352 g/mol. The Morgan fingerprint density at radius 3 is 2.38 bits per heavy atom. The van der Waals surface area contributed by atoms with Gasteiger partial charge in [0.05, 0.1) is 17.4 Å². The maximum absolute atomic E-state index is 12.5. The van der Waals surface area contributed by atoms with Crippen LogP contribution in [0.2, 0.25) is 0 Å². The average Bonchev–Trinajstić information content (AvgIpc) is 2.70. The fourth-order valence-corrected chi connectivity index (χ4v) is 3.39. The predicted molar refractivity (Wildman–Crippen MR) is 107 cm³/mol. The first-order chi connectivity index (χ1) is 12.7. The molecule has 138 valence electrons. The summed E-state index contributed by atoms with van der Waals surface area (Å²) in [7, 11) is 0. The van der Waals surface area contributed by atoms with Gasteiger partial charge in [0.25, 0.3) is 5.91 Å². The highest BCUT2D eigenvalue weighted by Crippen LogP contribution is 2.24. The van der Waals surface area contributed by atoms with Crippen molar-refractivity contribution >= 4 is 23.0 Å². The Morgan fingerprint density at radius 2 is 1.73 bits per heavy atom. The van der Waals surface area contributed by atoms with Crippen LogP contribution in [0.25, 0.3) is 0 Å². The number of nitrogens with one attached hydrogen (secondary N) is 1. The molecule has 1 amide bonds. The molecule has 2 heterocycles. The van der Waals surface area contributed by atoms with Gasteiger partial charge in [0.15, 0.2) is 0 Å². The van der Waals surface area contributed by atoms with E-state index >= 15 is 0 Å². The van der Waals surface area contributed by atoms with Crippen LogP contribution in [0.4, 0.5) is 17.1 Å². The number of hydrogen-bond acceptors (Lipinski definition) is 4. The molecular formula is C21H28N4O. The highest BCUT2D eigenvalue weighted by atomic mass is 16.2. The van der Waals surface area contributed by atoms with E-state index in [0.29, 0.717) is 18.7 Å². The number of nitrogens with zero attached hydrogens (tertiary/aromatic N) is 3. The van der Waals surface area contributed by atoms with Crippen molar-refractivity contribution in [1.29, 1.82) is 0 Å². The third kappa shape index (κ3) is 4.34. The Kier molecular flexibility index (Phi) is 6.10. The van der Waals surface area contributed by atoms with Crippen molar-refractivity contribution in [2.24, 2.45) is 0 Å². The first-order valence-corrected chi connectivity index (χ1v) is 9.57. The lowest BCUT2D eigenvalue weighted by Gasteiger charge is -2.28. The zero-order chi connectivity index (χ0) is 18.4. The number of amides is 1. The van der Waals surface area contributed by atoms with Crippen molar-refractivity contribution in [2.45, 2.75) is 33.1 Å². The number of piperidine rings is 1. The molecule has 1 aliphatic rings. The van der Waals surface area contributed by atoms with Crippen LogP contribution >= 0.6 is 0 Å². The molecule has 0 aliphatic carbocycles. The van der Waals surface area contributed by atoms with Gasteiger partial charge in [-0.15, -0.1) is 0 Å². The van der Waals surface area contributed by atoms with Crippen molar-refractivity contribution in [3.8, 4) is 0 Å². The molecule has 1 aromatic carbocycles. The lowest BCUT2D eigenvalue weighted by Crippen LogP contribution is -2.30. The zero-order valence-electron chi connectivity index (χ0n) is 15.7. The molecule has 5 nitrogen and oxygen atoms in total. The van der Waals surface area contributed by atoms with Crippen molar-refractivity contribution in [3.05, 3.63) is 48.3 Å². The van der Waals surface area contributed by atoms with E-state index in [0.717, 1.165) is 24.5 Å². The highest BCUT2D eigenvalue weighted by Gasteiger charge is 2.14. The van der Waals surface area contributed by atoms with Gasteiger partial charge in [-0.05, 0) is 63.4 Å². The van der Waals surface area contributed by atoms with Gasteiger partial charge in [0.1, 0.15) is 0 Å². The minimum Gasteiger partial charge on any atom is -0.372 e. The van der Waals surface area contributed by atoms with E-state index in [9.17, 15) is 4.79 Å². The summed E-state index contributed by atoms with van der Waals surface area (Å²) in [6.07, 6.45) is 7.27. The first kappa shape index (κ1) is 18.2. The van der Waals surface area contributed by atoms with Crippen molar-refractivity contribution in [2.75, 3.05) is 36.4 Å². The smallest absolute Gasteiger partial charge is 0.255 e. The van der Waals surface area contributed by atoms with Crippen LogP contribution in [0.5, 0.6) is 0 Å². The summed E-state index contributed by atoms with van der Waals surface area (Å²) < 4.78 is 0. The molecule has 2 aromatic rings. The van der Waals surface area contributed by atoms with Gasteiger partial charge in [-0.1, -0.05) is 0 Å². The Morgan fingerprint density at radius 1 is 1.04 bits per heavy atom.